The van der Waals surface area contributed by atoms with Crippen LogP contribution < -0.4 is 5.32 Å². The van der Waals surface area contributed by atoms with Crippen LogP contribution in [0.5, 0.6) is 0 Å². The van der Waals surface area contributed by atoms with Crippen molar-refractivity contribution in [2.75, 3.05) is 13.1 Å². The van der Waals surface area contributed by atoms with Crippen molar-refractivity contribution in [3.05, 3.63) is 15.9 Å². The minimum absolute atomic E-state index is 0.311. The van der Waals surface area contributed by atoms with Gasteiger partial charge in [0.2, 0.25) is 0 Å². The van der Waals surface area contributed by atoms with E-state index in [1.54, 1.807) is 4.68 Å². The highest BCUT2D eigenvalue weighted by Gasteiger charge is 2.18. The highest BCUT2D eigenvalue weighted by atomic mass is 79.9. The molecule has 18 heavy (non-hydrogen) atoms. The summed E-state index contributed by atoms with van der Waals surface area (Å²) in [5.41, 5.74) is 1.93. The van der Waals surface area contributed by atoms with Crippen molar-refractivity contribution < 1.29 is 4.79 Å². The van der Waals surface area contributed by atoms with E-state index in [0.717, 1.165) is 35.4 Å². The molecule has 2 rings (SSSR count). The third-order valence-electron chi connectivity index (χ3n) is 3.62. The SMILES string of the molecule is Cc1nn(C)c(CC(=O)CCC2CCNC2)c1Br. The first-order valence-electron chi connectivity index (χ1n) is 6.48. The van der Waals surface area contributed by atoms with Crippen molar-refractivity contribution >= 4 is 21.7 Å². The molecule has 2 heterocycles. The molecule has 1 saturated heterocycles. The molecule has 1 aliphatic heterocycles. The fourth-order valence-corrected chi connectivity index (χ4v) is 2.95. The van der Waals surface area contributed by atoms with Crippen LogP contribution in [-0.2, 0) is 18.3 Å². The maximum Gasteiger partial charge on any atom is 0.138 e. The molecule has 0 amide bonds. The van der Waals surface area contributed by atoms with Crippen LogP contribution >= 0.6 is 15.9 Å². The lowest BCUT2D eigenvalue weighted by atomic mass is 9.99. The third kappa shape index (κ3) is 3.20. The molecule has 1 unspecified atom stereocenters. The average molecular weight is 314 g/mol. The van der Waals surface area contributed by atoms with Crippen molar-refractivity contribution in [1.82, 2.24) is 15.1 Å². The fourth-order valence-electron chi connectivity index (χ4n) is 2.47. The summed E-state index contributed by atoms with van der Waals surface area (Å²) in [6, 6.07) is 0. The van der Waals surface area contributed by atoms with E-state index in [-0.39, 0.29) is 0 Å². The molecule has 0 aliphatic carbocycles. The summed E-state index contributed by atoms with van der Waals surface area (Å²) >= 11 is 3.50. The maximum absolute atomic E-state index is 12.0. The molecule has 1 fully saturated rings. The molecule has 0 saturated carbocycles. The highest BCUT2D eigenvalue weighted by Crippen LogP contribution is 2.22. The summed E-state index contributed by atoms with van der Waals surface area (Å²) in [6.45, 7) is 4.12. The van der Waals surface area contributed by atoms with Gasteiger partial charge in [0.25, 0.3) is 0 Å². The predicted molar refractivity (Wildman–Crippen MR) is 74.6 cm³/mol. The van der Waals surface area contributed by atoms with Gasteiger partial charge in [-0.15, -0.1) is 0 Å². The number of nitrogens with one attached hydrogen (secondary N) is 1. The largest absolute Gasteiger partial charge is 0.316 e. The second kappa shape index (κ2) is 5.97. The van der Waals surface area contributed by atoms with Gasteiger partial charge in [0.15, 0.2) is 0 Å². The molecule has 0 bridgehead atoms. The van der Waals surface area contributed by atoms with Gasteiger partial charge in [0, 0.05) is 19.9 Å². The zero-order valence-electron chi connectivity index (χ0n) is 11.0. The summed E-state index contributed by atoms with van der Waals surface area (Å²) in [5, 5.41) is 7.64. The molecule has 1 atom stereocenters. The van der Waals surface area contributed by atoms with Gasteiger partial charge in [0.05, 0.1) is 15.9 Å². The number of ketones is 1. The van der Waals surface area contributed by atoms with E-state index >= 15 is 0 Å². The minimum Gasteiger partial charge on any atom is -0.316 e. The lowest BCUT2D eigenvalue weighted by Crippen LogP contribution is -2.12. The van der Waals surface area contributed by atoms with Gasteiger partial charge in [-0.2, -0.15) is 5.10 Å². The monoisotopic (exact) mass is 313 g/mol. The van der Waals surface area contributed by atoms with Crippen molar-refractivity contribution in [3.8, 4) is 0 Å². The maximum atomic E-state index is 12.0. The normalized spacial score (nSPS) is 19.4. The molecular formula is C13H20BrN3O. The van der Waals surface area contributed by atoms with E-state index in [0.29, 0.717) is 24.5 Å². The van der Waals surface area contributed by atoms with E-state index in [1.807, 2.05) is 14.0 Å². The van der Waals surface area contributed by atoms with Crippen LogP contribution in [0.1, 0.15) is 30.7 Å². The second-order valence-corrected chi connectivity index (χ2v) is 5.88. The van der Waals surface area contributed by atoms with Crippen LogP contribution in [0.3, 0.4) is 0 Å². The fraction of sp³-hybridized carbons (Fsp3) is 0.692. The van der Waals surface area contributed by atoms with Crippen molar-refractivity contribution in [3.63, 3.8) is 0 Å². The van der Waals surface area contributed by atoms with Gasteiger partial charge in [-0.1, -0.05) is 0 Å². The summed E-state index contributed by atoms with van der Waals surface area (Å²) in [5.74, 6) is 0.997. The van der Waals surface area contributed by atoms with Crippen molar-refractivity contribution in [2.45, 2.75) is 32.6 Å². The summed E-state index contributed by atoms with van der Waals surface area (Å²) < 4.78 is 2.77. The number of carbonyl (C=O) groups is 1. The van der Waals surface area contributed by atoms with Crippen LogP contribution in [-0.4, -0.2) is 28.7 Å². The molecule has 5 heteroatoms. The van der Waals surface area contributed by atoms with Gasteiger partial charge < -0.3 is 5.32 Å². The molecule has 0 spiro atoms. The lowest BCUT2D eigenvalue weighted by Gasteiger charge is -2.07. The van der Waals surface area contributed by atoms with Gasteiger partial charge in [0.1, 0.15) is 5.78 Å². The van der Waals surface area contributed by atoms with Crippen LogP contribution in [0, 0.1) is 12.8 Å². The Bertz CT molecular complexity index is 436. The number of carbonyl (C=O) groups excluding carboxylic acids is 1. The Morgan fingerprint density at radius 2 is 2.39 bits per heavy atom. The molecule has 1 aliphatic rings. The van der Waals surface area contributed by atoms with Crippen LogP contribution in [0.4, 0.5) is 0 Å². The number of rotatable bonds is 5. The first-order valence-corrected chi connectivity index (χ1v) is 7.27. The van der Waals surface area contributed by atoms with Gasteiger partial charge in [-0.25, -0.2) is 0 Å². The quantitative estimate of drug-likeness (QED) is 0.904. The Morgan fingerprint density at radius 1 is 1.61 bits per heavy atom. The molecule has 0 radical (unpaired) electrons. The second-order valence-electron chi connectivity index (χ2n) is 5.08. The van der Waals surface area contributed by atoms with Crippen LogP contribution in [0.2, 0.25) is 0 Å². The number of nitrogens with zero attached hydrogens (tertiary/aromatic N) is 2. The average Bonchev–Trinajstić information content (AvgIpc) is 2.92. The van der Waals surface area contributed by atoms with Gasteiger partial charge in [-0.05, 0) is 54.7 Å². The highest BCUT2D eigenvalue weighted by molar-refractivity contribution is 9.10. The Morgan fingerprint density at radius 3 is 2.94 bits per heavy atom. The first-order chi connectivity index (χ1) is 8.58. The van der Waals surface area contributed by atoms with E-state index in [4.69, 9.17) is 0 Å². The zero-order chi connectivity index (χ0) is 13.1. The Kier molecular flexibility index (Phi) is 4.56. The molecule has 1 aromatic rings. The van der Waals surface area contributed by atoms with E-state index in [1.165, 1.54) is 6.42 Å². The third-order valence-corrected chi connectivity index (χ3v) is 4.65. The number of aromatic nitrogens is 2. The van der Waals surface area contributed by atoms with Crippen LogP contribution in [0.15, 0.2) is 4.47 Å². The molecule has 0 aromatic carbocycles. The van der Waals surface area contributed by atoms with Crippen molar-refractivity contribution in [2.24, 2.45) is 13.0 Å². The Balaban J connectivity index is 1.86. The molecule has 100 valence electrons. The van der Waals surface area contributed by atoms with Gasteiger partial charge in [-0.3, -0.25) is 9.48 Å². The standard InChI is InChI=1S/C13H20BrN3O/c1-9-13(14)12(17(2)16-9)7-11(18)4-3-10-5-6-15-8-10/h10,15H,3-8H2,1-2H3. The predicted octanol–water partition coefficient (Wildman–Crippen LogP) is 1.99. The summed E-state index contributed by atoms with van der Waals surface area (Å²) in [4.78, 5) is 12.0. The number of aryl methyl sites for hydroxylation is 2. The topological polar surface area (TPSA) is 46.9 Å². The number of halogens is 1. The van der Waals surface area contributed by atoms with Crippen LogP contribution in [0.25, 0.3) is 0 Å². The number of Topliss-reactive ketones (excluding diaryl/α,β-unsaturated/α-hetero) is 1. The number of hydrogen-bond donors (Lipinski definition) is 1. The summed E-state index contributed by atoms with van der Waals surface area (Å²) in [7, 11) is 1.89. The van der Waals surface area contributed by atoms with E-state index in [2.05, 4.69) is 26.3 Å². The molecular weight excluding hydrogens is 294 g/mol. The number of hydrogen-bond acceptors (Lipinski definition) is 3. The molecule has 1 N–H and O–H groups in total. The Hall–Kier alpha value is -0.680. The van der Waals surface area contributed by atoms with E-state index in [9.17, 15) is 4.79 Å². The first kappa shape index (κ1) is 13.7. The lowest BCUT2D eigenvalue weighted by molar-refractivity contribution is -0.118. The summed E-state index contributed by atoms with van der Waals surface area (Å²) in [6.07, 6.45) is 3.39. The zero-order valence-corrected chi connectivity index (χ0v) is 12.6. The molecule has 4 nitrogen and oxygen atoms in total. The van der Waals surface area contributed by atoms with E-state index < -0.39 is 0 Å². The smallest absolute Gasteiger partial charge is 0.138 e. The minimum atomic E-state index is 0.311. The Labute approximate surface area is 116 Å². The van der Waals surface area contributed by atoms with Gasteiger partial charge >= 0.3 is 0 Å². The molecule has 1 aromatic heterocycles. The van der Waals surface area contributed by atoms with Crippen molar-refractivity contribution in [1.29, 1.82) is 0 Å².